The maximum Gasteiger partial charge on any atom is 0.286 e. The molecule has 0 bridgehead atoms. The number of amides is 2. The summed E-state index contributed by atoms with van der Waals surface area (Å²) in [5.41, 5.74) is 10.4. The van der Waals surface area contributed by atoms with E-state index < -0.39 is 0 Å². The lowest BCUT2D eigenvalue weighted by atomic mass is 10.1. The van der Waals surface area contributed by atoms with Gasteiger partial charge in [-0.25, -0.2) is 0 Å². The van der Waals surface area contributed by atoms with Crippen molar-refractivity contribution in [3.05, 3.63) is 71.0 Å². The van der Waals surface area contributed by atoms with Gasteiger partial charge in [-0.1, -0.05) is 24.3 Å². The van der Waals surface area contributed by atoms with Gasteiger partial charge in [-0.05, 0) is 48.7 Å². The van der Waals surface area contributed by atoms with Crippen molar-refractivity contribution < 1.29 is 9.59 Å². The predicted octanol–water partition coefficient (Wildman–Crippen LogP) is 3.27. The summed E-state index contributed by atoms with van der Waals surface area (Å²) in [5, 5.41) is 2.00. The topological polar surface area (TPSA) is 89.8 Å². The number of nitrogens with one attached hydrogen (secondary N) is 4. The highest BCUT2D eigenvalue weighted by molar-refractivity contribution is 6.00. The van der Waals surface area contributed by atoms with Crippen molar-refractivity contribution >= 4 is 33.6 Å². The van der Waals surface area contributed by atoms with Crippen molar-refractivity contribution in [1.29, 1.82) is 0 Å². The molecule has 0 unspecified atom stereocenters. The van der Waals surface area contributed by atoms with E-state index in [-0.39, 0.29) is 18.2 Å². The lowest BCUT2D eigenvalue weighted by Crippen LogP contribution is -2.42. The molecule has 0 aliphatic carbocycles. The average Bonchev–Trinajstić information content (AvgIpc) is 3.24. The second kappa shape index (κ2) is 6.64. The summed E-state index contributed by atoms with van der Waals surface area (Å²) in [6, 6.07) is 13.6. The van der Waals surface area contributed by atoms with E-state index in [2.05, 4.69) is 26.9 Å². The Labute approximate surface area is 155 Å². The number of hydrogen-bond donors (Lipinski definition) is 4. The molecule has 0 radical (unpaired) electrons. The molecule has 6 nitrogen and oxygen atoms in total. The van der Waals surface area contributed by atoms with E-state index >= 15 is 0 Å². The molecule has 6 heteroatoms. The van der Waals surface area contributed by atoms with Crippen LogP contribution in [0.5, 0.6) is 0 Å². The normalized spacial score (nSPS) is 11.0. The number of benzene rings is 2. The number of fused-ring (bicyclic) bond motifs is 2. The SMILES string of the molecule is Cc1cc(C)c2cc(C(=O)NNC(=O)Cc3c[nH]c4ccccc34)[nH]c2c1. The smallest absolute Gasteiger partial charge is 0.286 e. The number of aromatic nitrogens is 2. The molecule has 2 heterocycles. The second-order valence-corrected chi connectivity index (χ2v) is 6.76. The van der Waals surface area contributed by atoms with Gasteiger partial charge in [0.2, 0.25) is 5.91 Å². The number of aromatic amines is 2. The Balaban J connectivity index is 1.43. The van der Waals surface area contributed by atoms with Crippen LogP contribution in [-0.4, -0.2) is 21.8 Å². The van der Waals surface area contributed by atoms with Crippen molar-refractivity contribution in [1.82, 2.24) is 20.8 Å². The number of para-hydroxylation sites is 1. The van der Waals surface area contributed by atoms with Crippen LogP contribution in [0.2, 0.25) is 0 Å². The highest BCUT2D eigenvalue weighted by Gasteiger charge is 2.13. The van der Waals surface area contributed by atoms with Gasteiger partial charge in [-0.15, -0.1) is 0 Å². The summed E-state index contributed by atoms with van der Waals surface area (Å²) in [5.74, 6) is -0.660. The van der Waals surface area contributed by atoms with Gasteiger partial charge in [0, 0.05) is 28.0 Å². The van der Waals surface area contributed by atoms with Gasteiger partial charge in [0.25, 0.3) is 5.91 Å². The van der Waals surface area contributed by atoms with Crippen molar-refractivity contribution in [2.24, 2.45) is 0 Å². The van der Waals surface area contributed by atoms with Gasteiger partial charge in [0.05, 0.1) is 6.42 Å². The Morgan fingerprint density at radius 3 is 2.63 bits per heavy atom. The molecule has 2 amide bonds. The second-order valence-electron chi connectivity index (χ2n) is 6.76. The molecule has 0 aliphatic heterocycles. The molecule has 4 N–H and O–H groups in total. The minimum atomic E-state index is -0.379. The fourth-order valence-corrected chi connectivity index (χ4v) is 3.41. The molecule has 0 aliphatic rings. The van der Waals surface area contributed by atoms with Crippen LogP contribution in [-0.2, 0) is 11.2 Å². The number of hydrogen-bond acceptors (Lipinski definition) is 2. The zero-order valence-corrected chi connectivity index (χ0v) is 15.1. The van der Waals surface area contributed by atoms with Gasteiger partial charge < -0.3 is 9.97 Å². The van der Waals surface area contributed by atoms with Crippen LogP contribution in [0, 0.1) is 13.8 Å². The maximum atomic E-state index is 12.4. The first-order chi connectivity index (χ1) is 13.0. The summed E-state index contributed by atoms with van der Waals surface area (Å²) in [4.78, 5) is 30.8. The number of carbonyl (C=O) groups is 2. The molecule has 0 atom stereocenters. The van der Waals surface area contributed by atoms with Crippen LogP contribution >= 0.6 is 0 Å². The van der Waals surface area contributed by atoms with Crippen LogP contribution < -0.4 is 10.9 Å². The summed E-state index contributed by atoms with van der Waals surface area (Å²) in [6.45, 7) is 4.02. The van der Waals surface area contributed by atoms with Gasteiger partial charge >= 0.3 is 0 Å². The van der Waals surface area contributed by atoms with Crippen molar-refractivity contribution in [3.63, 3.8) is 0 Å². The largest absolute Gasteiger partial charge is 0.361 e. The Kier molecular flexibility index (Phi) is 4.16. The van der Waals surface area contributed by atoms with Gasteiger partial charge in [0.15, 0.2) is 0 Å². The zero-order valence-electron chi connectivity index (χ0n) is 15.1. The van der Waals surface area contributed by atoms with Crippen LogP contribution in [0.25, 0.3) is 21.8 Å². The lowest BCUT2D eigenvalue weighted by molar-refractivity contribution is -0.121. The molecular formula is C21H20N4O2. The van der Waals surface area contributed by atoms with Crippen molar-refractivity contribution in [2.75, 3.05) is 0 Å². The van der Waals surface area contributed by atoms with E-state index in [0.29, 0.717) is 5.69 Å². The molecule has 2 aromatic heterocycles. The number of rotatable bonds is 3. The molecule has 0 fully saturated rings. The fourth-order valence-electron chi connectivity index (χ4n) is 3.41. The Bertz CT molecular complexity index is 1170. The van der Waals surface area contributed by atoms with Crippen molar-refractivity contribution in [2.45, 2.75) is 20.3 Å². The first kappa shape index (κ1) is 16.9. The number of hydrazine groups is 1. The third-order valence-corrected chi connectivity index (χ3v) is 4.68. The van der Waals surface area contributed by atoms with Crippen LogP contribution in [0.3, 0.4) is 0 Å². The highest BCUT2D eigenvalue weighted by Crippen LogP contribution is 2.21. The standard InChI is InChI=1S/C21H20N4O2/c1-12-7-13(2)16-10-19(23-18(16)8-12)21(27)25-24-20(26)9-14-11-22-17-6-4-3-5-15(14)17/h3-8,10-11,22-23H,9H2,1-2H3,(H,24,26)(H,25,27). The zero-order chi connectivity index (χ0) is 19.0. The van der Waals surface area contributed by atoms with Gasteiger partial charge in [-0.3, -0.25) is 20.4 Å². The molecular weight excluding hydrogens is 340 g/mol. The highest BCUT2D eigenvalue weighted by atomic mass is 16.2. The minimum Gasteiger partial charge on any atom is -0.361 e. The van der Waals surface area contributed by atoms with Crippen molar-refractivity contribution in [3.8, 4) is 0 Å². The van der Waals surface area contributed by atoms with Gasteiger partial charge in [-0.2, -0.15) is 0 Å². The van der Waals surface area contributed by atoms with E-state index in [4.69, 9.17) is 0 Å². The maximum absolute atomic E-state index is 12.4. The van der Waals surface area contributed by atoms with Gasteiger partial charge in [0.1, 0.15) is 5.69 Å². The number of H-pyrrole nitrogens is 2. The molecule has 4 aromatic rings. The van der Waals surface area contributed by atoms with E-state index in [1.54, 1.807) is 6.07 Å². The molecule has 0 saturated carbocycles. The third-order valence-electron chi connectivity index (χ3n) is 4.68. The quantitative estimate of drug-likeness (QED) is 0.422. The molecule has 27 heavy (non-hydrogen) atoms. The Morgan fingerprint density at radius 1 is 0.963 bits per heavy atom. The molecule has 0 saturated heterocycles. The van der Waals surface area contributed by atoms with E-state index in [1.165, 1.54) is 0 Å². The summed E-state index contributed by atoms with van der Waals surface area (Å²) < 4.78 is 0. The van der Waals surface area contributed by atoms with E-state index in [0.717, 1.165) is 38.5 Å². The van der Waals surface area contributed by atoms with Crippen LogP contribution in [0.1, 0.15) is 27.2 Å². The average molecular weight is 360 g/mol. The first-order valence-electron chi connectivity index (χ1n) is 8.75. The molecule has 136 valence electrons. The fraction of sp³-hybridized carbons (Fsp3) is 0.143. The summed E-state index contributed by atoms with van der Waals surface area (Å²) >= 11 is 0. The first-order valence-corrected chi connectivity index (χ1v) is 8.75. The number of aryl methyl sites for hydroxylation is 2. The van der Waals surface area contributed by atoms with E-state index in [1.807, 2.05) is 50.4 Å². The predicted molar refractivity (Wildman–Crippen MR) is 105 cm³/mol. The van der Waals surface area contributed by atoms with E-state index in [9.17, 15) is 9.59 Å². The summed E-state index contributed by atoms with van der Waals surface area (Å²) in [7, 11) is 0. The third kappa shape index (κ3) is 3.29. The van der Waals surface area contributed by atoms with Crippen LogP contribution in [0.15, 0.2) is 48.7 Å². The van der Waals surface area contributed by atoms with Crippen LogP contribution in [0.4, 0.5) is 0 Å². The Morgan fingerprint density at radius 2 is 1.78 bits per heavy atom. The molecule has 4 rings (SSSR count). The summed E-state index contributed by atoms with van der Waals surface area (Å²) in [6.07, 6.45) is 1.99. The number of carbonyl (C=O) groups excluding carboxylic acids is 2. The lowest BCUT2D eigenvalue weighted by Gasteiger charge is -2.06. The minimum absolute atomic E-state index is 0.176. The molecule has 2 aromatic carbocycles. The molecule has 0 spiro atoms. The Hall–Kier alpha value is -3.54. The monoisotopic (exact) mass is 360 g/mol.